The van der Waals surface area contributed by atoms with E-state index in [9.17, 15) is 17.2 Å². The average molecular weight is 384 g/mol. The van der Waals surface area contributed by atoms with E-state index in [1.165, 1.54) is 11.2 Å². The van der Waals surface area contributed by atoms with Crippen molar-refractivity contribution in [2.45, 2.75) is 38.3 Å². The Kier molecular flexibility index (Phi) is 5.03. The molecule has 0 bridgehead atoms. The predicted octanol–water partition coefficient (Wildman–Crippen LogP) is 2.79. The third-order valence-electron chi connectivity index (χ3n) is 4.76. The van der Waals surface area contributed by atoms with Crippen molar-refractivity contribution in [1.82, 2.24) is 14.1 Å². The first-order chi connectivity index (χ1) is 12.2. The summed E-state index contributed by atoms with van der Waals surface area (Å²) < 4.78 is 53.3. The van der Waals surface area contributed by atoms with Gasteiger partial charge in [-0.25, -0.2) is 13.1 Å². The molecular formula is C17H22F2N4O2S. The van der Waals surface area contributed by atoms with Crippen LogP contribution in [0.1, 0.15) is 24.7 Å². The van der Waals surface area contributed by atoms with Crippen molar-refractivity contribution >= 4 is 15.7 Å². The fourth-order valence-corrected chi connectivity index (χ4v) is 4.92. The Balaban J connectivity index is 1.80. The van der Waals surface area contributed by atoms with E-state index in [-0.39, 0.29) is 23.2 Å². The third kappa shape index (κ3) is 3.33. The number of rotatable bonds is 4. The average Bonchev–Trinajstić information content (AvgIpc) is 2.98. The molecule has 26 heavy (non-hydrogen) atoms. The van der Waals surface area contributed by atoms with Crippen molar-refractivity contribution in [3.8, 4) is 0 Å². The van der Waals surface area contributed by atoms with Crippen molar-refractivity contribution in [2.75, 3.05) is 24.5 Å². The van der Waals surface area contributed by atoms with Crippen molar-refractivity contribution < 1.29 is 17.2 Å². The number of alkyl halides is 2. The molecular weight excluding hydrogens is 362 g/mol. The Morgan fingerprint density at radius 2 is 1.81 bits per heavy atom. The standard InChI is InChI=1S/C17H22F2N4O2S/c1-12-4-6-15(7-5-12)22-9-8-21(11-13(22)2)26(24,25)16-10-20-23(14(16)3)17(18)19/h4-7,10,13,17H,8-9,11H2,1-3H3. The molecule has 1 aromatic heterocycles. The summed E-state index contributed by atoms with van der Waals surface area (Å²) in [5, 5.41) is 3.52. The van der Waals surface area contributed by atoms with Crippen molar-refractivity contribution in [1.29, 1.82) is 0 Å². The van der Waals surface area contributed by atoms with Crippen LogP contribution in [0, 0.1) is 13.8 Å². The zero-order valence-electron chi connectivity index (χ0n) is 14.9. The second-order valence-corrected chi connectivity index (χ2v) is 8.46. The fraction of sp³-hybridized carbons (Fsp3) is 0.471. The van der Waals surface area contributed by atoms with Gasteiger partial charge in [0, 0.05) is 31.4 Å². The van der Waals surface area contributed by atoms with Crippen LogP contribution in [0.3, 0.4) is 0 Å². The Hall–Kier alpha value is -2.00. The summed E-state index contributed by atoms with van der Waals surface area (Å²) in [4.78, 5) is 2.00. The van der Waals surface area contributed by atoms with Crippen molar-refractivity contribution in [2.24, 2.45) is 0 Å². The normalized spacial score (nSPS) is 19.3. The highest BCUT2D eigenvalue weighted by atomic mass is 32.2. The lowest BCUT2D eigenvalue weighted by Crippen LogP contribution is -2.53. The maximum absolute atomic E-state index is 12.9. The largest absolute Gasteiger partial charge is 0.366 e. The van der Waals surface area contributed by atoms with Gasteiger partial charge in [-0.1, -0.05) is 17.7 Å². The molecule has 6 nitrogen and oxygen atoms in total. The highest BCUT2D eigenvalue weighted by Crippen LogP contribution is 2.27. The van der Waals surface area contributed by atoms with Crippen LogP contribution in [0.5, 0.6) is 0 Å². The van der Waals surface area contributed by atoms with Gasteiger partial charge < -0.3 is 4.90 Å². The maximum Gasteiger partial charge on any atom is 0.333 e. The molecule has 1 fully saturated rings. The molecule has 0 saturated carbocycles. The minimum atomic E-state index is -3.86. The number of sulfonamides is 1. The SMILES string of the molecule is Cc1ccc(N2CCN(S(=O)(=O)c3cnn(C(F)F)c3C)CC2C)cc1. The molecule has 0 spiro atoms. The zero-order valence-corrected chi connectivity index (χ0v) is 15.7. The smallest absolute Gasteiger partial charge is 0.333 e. The molecule has 1 aliphatic rings. The summed E-state index contributed by atoms with van der Waals surface area (Å²) in [6.07, 6.45) is 1.01. The molecule has 1 aliphatic heterocycles. The summed E-state index contributed by atoms with van der Waals surface area (Å²) in [5.74, 6) is 0. The molecule has 1 saturated heterocycles. The van der Waals surface area contributed by atoms with Gasteiger partial charge in [0.05, 0.1) is 11.9 Å². The van der Waals surface area contributed by atoms with E-state index < -0.39 is 16.6 Å². The lowest BCUT2D eigenvalue weighted by atomic mass is 10.1. The maximum atomic E-state index is 12.9. The summed E-state index contributed by atoms with van der Waals surface area (Å²) in [6.45, 7) is 3.56. The van der Waals surface area contributed by atoms with Gasteiger partial charge in [-0.3, -0.25) is 0 Å². The van der Waals surface area contributed by atoms with Gasteiger partial charge in [0.25, 0.3) is 0 Å². The van der Waals surface area contributed by atoms with Crippen LogP contribution in [0.2, 0.25) is 0 Å². The molecule has 2 aromatic rings. The van der Waals surface area contributed by atoms with Crippen LogP contribution in [0.25, 0.3) is 0 Å². The number of hydrogen-bond donors (Lipinski definition) is 0. The van der Waals surface area contributed by atoms with E-state index in [0.29, 0.717) is 17.8 Å². The zero-order chi connectivity index (χ0) is 19.1. The molecule has 142 valence electrons. The van der Waals surface area contributed by atoms with Gasteiger partial charge in [-0.2, -0.15) is 18.2 Å². The van der Waals surface area contributed by atoms with Gasteiger partial charge >= 0.3 is 6.55 Å². The monoisotopic (exact) mass is 384 g/mol. The highest BCUT2D eigenvalue weighted by Gasteiger charge is 2.35. The summed E-state index contributed by atoms with van der Waals surface area (Å²) in [7, 11) is -3.86. The first-order valence-electron chi connectivity index (χ1n) is 8.37. The highest BCUT2D eigenvalue weighted by molar-refractivity contribution is 7.89. The first kappa shape index (κ1) is 18.8. The van der Waals surface area contributed by atoms with Crippen molar-refractivity contribution in [3.63, 3.8) is 0 Å². The van der Waals surface area contributed by atoms with Crippen molar-refractivity contribution in [3.05, 3.63) is 41.7 Å². The van der Waals surface area contributed by atoms with Gasteiger partial charge in [0.2, 0.25) is 10.0 Å². The number of aromatic nitrogens is 2. The topological polar surface area (TPSA) is 58.4 Å². The molecule has 1 aromatic carbocycles. The van der Waals surface area contributed by atoms with Gasteiger partial charge in [0.15, 0.2) is 0 Å². The Morgan fingerprint density at radius 3 is 2.35 bits per heavy atom. The first-order valence-corrected chi connectivity index (χ1v) is 9.81. The second-order valence-electron chi connectivity index (χ2n) is 6.56. The number of aryl methyl sites for hydroxylation is 1. The van der Waals surface area contributed by atoms with Crippen LogP contribution in [0.15, 0.2) is 35.4 Å². The third-order valence-corrected chi connectivity index (χ3v) is 6.73. The summed E-state index contributed by atoms with van der Waals surface area (Å²) in [5.41, 5.74) is 2.16. The molecule has 1 atom stereocenters. The van der Waals surface area contributed by atoms with E-state index in [1.54, 1.807) is 0 Å². The molecule has 3 rings (SSSR count). The summed E-state index contributed by atoms with van der Waals surface area (Å²) in [6, 6.07) is 8.05. The number of anilines is 1. The molecule has 0 radical (unpaired) electrons. The number of piperazine rings is 1. The minimum Gasteiger partial charge on any atom is -0.366 e. The Bertz CT molecular complexity index is 881. The molecule has 9 heteroatoms. The molecule has 0 aliphatic carbocycles. The second kappa shape index (κ2) is 6.96. The van der Waals surface area contributed by atoms with E-state index in [0.717, 1.165) is 17.4 Å². The summed E-state index contributed by atoms with van der Waals surface area (Å²) >= 11 is 0. The van der Waals surface area contributed by atoms with Crippen LogP contribution >= 0.6 is 0 Å². The molecule has 0 N–H and O–H groups in total. The Labute approximate surface area is 152 Å². The molecule has 2 heterocycles. The quantitative estimate of drug-likeness (QED) is 0.813. The number of nitrogens with zero attached hydrogens (tertiary/aromatic N) is 4. The van der Waals surface area contributed by atoms with E-state index >= 15 is 0 Å². The predicted molar refractivity (Wildman–Crippen MR) is 95.0 cm³/mol. The minimum absolute atomic E-state index is 0.0355. The van der Waals surface area contributed by atoms with Gasteiger partial charge in [-0.15, -0.1) is 0 Å². The van der Waals surface area contributed by atoms with Crippen LogP contribution in [0.4, 0.5) is 14.5 Å². The van der Waals surface area contributed by atoms with E-state index in [2.05, 4.69) is 10.00 Å². The number of halogens is 2. The van der Waals surface area contributed by atoms with Gasteiger partial charge in [-0.05, 0) is 32.9 Å². The van der Waals surface area contributed by atoms with Crippen LogP contribution in [-0.4, -0.2) is 48.2 Å². The van der Waals surface area contributed by atoms with E-state index in [1.807, 2.05) is 38.1 Å². The fourth-order valence-electron chi connectivity index (χ4n) is 3.26. The number of hydrogen-bond acceptors (Lipinski definition) is 4. The lowest BCUT2D eigenvalue weighted by molar-refractivity contribution is 0.0541. The Morgan fingerprint density at radius 1 is 1.15 bits per heavy atom. The van der Waals surface area contributed by atoms with E-state index in [4.69, 9.17) is 0 Å². The molecule has 0 amide bonds. The van der Waals surface area contributed by atoms with Gasteiger partial charge in [0.1, 0.15) is 4.90 Å². The molecule has 1 unspecified atom stereocenters. The van der Waals surface area contributed by atoms with Crippen LogP contribution < -0.4 is 4.90 Å². The van der Waals surface area contributed by atoms with Crippen LogP contribution in [-0.2, 0) is 10.0 Å². The lowest BCUT2D eigenvalue weighted by Gasteiger charge is -2.40. The number of benzene rings is 1.